The molecule has 3 atom stereocenters. The summed E-state index contributed by atoms with van der Waals surface area (Å²) in [5, 5.41) is 33.8. The van der Waals surface area contributed by atoms with Crippen LogP contribution >= 0.6 is 67.8 Å². The quantitative estimate of drug-likeness (QED) is 0.184. The summed E-state index contributed by atoms with van der Waals surface area (Å²) < 4.78 is 3.05. The van der Waals surface area contributed by atoms with E-state index in [1.807, 2.05) is 21.1 Å². The van der Waals surface area contributed by atoms with Crippen LogP contribution in [-0.2, 0) is 38.9 Å². The minimum absolute atomic E-state index is 0.475. The lowest BCUT2D eigenvalue weighted by Crippen LogP contribution is -2.17. The summed E-state index contributed by atoms with van der Waals surface area (Å²) in [5.74, 6) is 3.36. The Morgan fingerprint density at radius 1 is 0.620 bits per heavy atom. The van der Waals surface area contributed by atoms with Crippen LogP contribution in [0.5, 0.6) is 17.2 Å². The van der Waals surface area contributed by atoms with E-state index in [0.29, 0.717) is 35.0 Å². The fourth-order valence-electron chi connectivity index (χ4n) is 7.96. The number of hydrogen-bond donors (Lipinski definition) is 4. The molecule has 9 heteroatoms. The highest BCUT2D eigenvalue weighted by Crippen LogP contribution is 2.42. The Morgan fingerprint density at radius 3 is 1.50 bits per heavy atom. The van der Waals surface area contributed by atoms with Gasteiger partial charge in [0.25, 0.3) is 0 Å². The molecule has 50 heavy (non-hydrogen) atoms. The van der Waals surface area contributed by atoms with Crippen molar-refractivity contribution in [3.05, 3.63) is 79.0 Å². The lowest BCUT2D eigenvalue weighted by atomic mass is 9.81. The SMILES string of the molecule is CC1CCCc2c1cc(CN(C)C)c(O)c2I.CC1CCCc2c1cc(I)c(O)c2CN(C)C.CNCc1c(O)c(I)cc2c1CCCC2C. The van der Waals surface area contributed by atoms with Crippen molar-refractivity contribution in [2.24, 2.45) is 0 Å². The fourth-order valence-corrected chi connectivity index (χ4v) is 10.2. The standard InChI is InChI=1S/2C14H20INO.C13H18INO/c1-9-5-4-6-11-12(9)7-10(8-16(2)3)14(17)13(11)15;1-9-5-4-6-10-11(9)7-13(15)14(17)12(10)8-16(2)3;1-8-4-3-5-9-10(8)6-12(14)13(16)11(9)7-15-2/h2*7,9,17H,4-6,8H2,1-3H3;6,8,15-16H,3-5,7H2,1-2H3. The number of rotatable bonds is 6. The molecule has 3 aliphatic carbocycles. The van der Waals surface area contributed by atoms with Gasteiger partial charge < -0.3 is 30.4 Å². The van der Waals surface area contributed by atoms with E-state index >= 15 is 0 Å². The van der Waals surface area contributed by atoms with Crippen molar-refractivity contribution in [1.82, 2.24) is 15.1 Å². The molecule has 0 heterocycles. The highest BCUT2D eigenvalue weighted by atomic mass is 127. The third kappa shape index (κ3) is 10.0. The fraction of sp³-hybridized carbons (Fsp3) is 0.561. The molecule has 0 radical (unpaired) electrons. The summed E-state index contributed by atoms with van der Waals surface area (Å²) in [6.45, 7) is 9.28. The van der Waals surface area contributed by atoms with Gasteiger partial charge in [0.1, 0.15) is 17.2 Å². The lowest BCUT2D eigenvalue weighted by Gasteiger charge is -2.27. The summed E-state index contributed by atoms with van der Waals surface area (Å²) in [6.07, 6.45) is 10.9. The number of nitrogens with one attached hydrogen (secondary N) is 1. The largest absolute Gasteiger partial charge is 0.506 e. The summed E-state index contributed by atoms with van der Waals surface area (Å²) in [4.78, 5) is 4.23. The lowest BCUT2D eigenvalue weighted by molar-refractivity contribution is 0.380. The molecular formula is C41H58I3N3O3. The van der Waals surface area contributed by atoms with Crippen molar-refractivity contribution in [3.8, 4) is 17.2 Å². The minimum Gasteiger partial charge on any atom is -0.506 e. The van der Waals surface area contributed by atoms with E-state index in [1.165, 1.54) is 71.9 Å². The maximum absolute atomic E-state index is 10.3. The maximum Gasteiger partial charge on any atom is 0.133 e. The predicted octanol–water partition coefficient (Wildman–Crippen LogP) is 10.2. The second-order valence-corrected chi connectivity index (χ2v) is 18.6. The molecule has 6 rings (SSSR count). The zero-order chi connectivity index (χ0) is 36.9. The van der Waals surface area contributed by atoms with Crippen LogP contribution in [0, 0.1) is 10.7 Å². The molecule has 0 saturated heterocycles. The van der Waals surface area contributed by atoms with E-state index in [9.17, 15) is 15.3 Å². The molecule has 3 unspecified atom stereocenters. The summed E-state index contributed by atoms with van der Waals surface area (Å²) in [5.41, 5.74) is 11.8. The Hall–Kier alpha value is -0.870. The second kappa shape index (κ2) is 18.9. The van der Waals surface area contributed by atoms with Crippen LogP contribution in [0.15, 0.2) is 18.2 Å². The number of phenols is 3. The van der Waals surface area contributed by atoms with Crippen LogP contribution < -0.4 is 5.32 Å². The van der Waals surface area contributed by atoms with Crippen LogP contribution in [-0.4, -0.2) is 60.4 Å². The maximum atomic E-state index is 10.3. The molecule has 0 saturated carbocycles. The average Bonchev–Trinajstić information content (AvgIpc) is 3.06. The van der Waals surface area contributed by atoms with E-state index in [4.69, 9.17) is 0 Å². The molecule has 3 aliphatic rings. The molecule has 3 aromatic rings. The third-order valence-corrected chi connectivity index (χ3v) is 13.4. The van der Waals surface area contributed by atoms with Crippen molar-refractivity contribution in [1.29, 1.82) is 0 Å². The molecule has 276 valence electrons. The smallest absolute Gasteiger partial charge is 0.133 e. The predicted molar refractivity (Wildman–Crippen MR) is 234 cm³/mol. The van der Waals surface area contributed by atoms with Crippen LogP contribution in [0.4, 0.5) is 0 Å². The van der Waals surface area contributed by atoms with Crippen molar-refractivity contribution >= 4 is 67.8 Å². The molecule has 0 bridgehead atoms. The summed E-state index contributed by atoms with van der Waals surface area (Å²) in [6, 6.07) is 6.55. The Labute approximate surface area is 342 Å². The molecule has 0 fully saturated rings. The third-order valence-electron chi connectivity index (χ3n) is 10.6. The van der Waals surface area contributed by atoms with Crippen molar-refractivity contribution < 1.29 is 15.3 Å². The highest BCUT2D eigenvalue weighted by Gasteiger charge is 2.25. The number of halogens is 3. The van der Waals surface area contributed by atoms with Crippen LogP contribution in [0.3, 0.4) is 0 Å². The topological polar surface area (TPSA) is 79.2 Å². The van der Waals surface area contributed by atoms with E-state index < -0.39 is 0 Å². The zero-order valence-corrected chi connectivity index (χ0v) is 37.8. The molecule has 0 aliphatic heterocycles. The molecule has 3 aromatic carbocycles. The molecule has 4 N–H and O–H groups in total. The van der Waals surface area contributed by atoms with Gasteiger partial charge in [-0.25, -0.2) is 0 Å². The molecule has 0 aromatic heterocycles. The molecule has 0 spiro atoms. The second-order valence-electron chi connectivity index (χ2n) is 15.2. The van der Waals surface area contributed by atoms with E-state index in [1.54, 1.807) is 0 Å². The van der Waals surface area contributed by atoms with Gasteiger partial charge in [0, 0.05) is 36.3 Å². The molecule has 6 nitrogen and oxygen atoms in total. The van der Waals surface area contributed by atoms with E-state index in [-0.39, 0.29) is 0 Å². The van der Waals surface area contributed by atoms with Crippen LogP contribution in [0.1, 0.15) is 127 Å². The summed E-state index contributed by atoms with van der Waals surface area (Å²) >= 11 is 6.77. The first-order chi connectivity index (χ1) is 23.7. The normalized spacial score (nSPS) is 19.5. The van der Waals surface area contributed by atoms with Gasteiger partial charge in [-0.15, -0.1) is 0 Å². The molecule has 0 amide bonds. The average molecular weight is 1020 g/mol. The van der Waals surface area contributed by atoms with Gasteiger partial charge in [0.05, 0.1) is 10.7 Å². The zero-order valence-electron chi connectivity index (χ0n) is 31.3. The van der Waals surface area contributed by atoms with E-state index in [2.05, 4.69) is 136 Å². The summed E-state index contributed by atoms with van der Waals surface area (Å²) in [7, 11) is 10.1. The van der Waals surface area contributed by atoms with E-state index in [0.717, 1.165) is 66.3 Å². The van der Waals surface area contributed by atoms with Gasteiger partial charge in [-0.2, -0.15) is 0 Å². The molecular weight excluding hydrogens is 963 g/mol. The number of aromatic hydroxyl groups is 3. The van der Waals surface area contributed by atoms with Crippen molar-refractivity contribution in [2.45, 2.75) is 116 Å². The first-order valence-electron chi connectivity index (χ1n) is 18.2. The van der Waals surface area contributed by atoms with Crippen molar-refractivity contribution in [3.63, 3.8) is 0 Å². The Balaban J connectivity index is 0.000000169. The Kier molecular flexibility index (Phi) is 15.9. The van der Waals surface area contributed by atoms with Crippen LogP contribution in [0.2, 0.25) is 0 Å². The van der Waals surface area contributed by atoms with Crippen molar-refractivity contribution in [2.75, 3.05) is 35.2 Å². The number of phenolic OH excluding ortho intramolecular Hbond substituents is 3. The van der Waals surface area contributed by atoms with Gasteiger partial charge in [-0.1, -0.05) is 26.8 Å². The van der Waals surface area contributed by atoms with Gasteiger partial charge >= 0.3 is 0 Å². The minimum atomic E-state index is 0.475. The van der Waals surface area contributed by atoms with Gasteiger partial charge in [0.2, 0.25) is 0 Å². The van der Waals surface area contributed by atoms with Gasteiger partial charge in [-0.3, -0.25) is 0 Å². The highest BCUT2D eigenvalue weighted by molar-refractivity contribution is 14.1. The Bertz CT molecular complexity index is 1640. The van der Waals surface area contributed by atoms with Gasteiger partial charge in [0.15, 0.2) is 0 Å². The first kappa shape index (κ1) is 41.9. The number of hydrogen-bond acceptors (Lipinski definition) is 6. The Morgan fingerprint density at radius 2 is 1.04 bits per heavy atom. The number of fused-ring (bicyclic) bond motifs is 3. The monoisotopic (exact) mass is 1020 g/mol. The number of benzene rings is 3. The van der Waals surface area contributed by atoms with Crippen LogP contribution in [0.25, 0.3) is 0 Å². The van der Waals surface area contributed by atoms with Gasteiger partial charge in [-0.05, 0) is 224 Å². The number of nitrogens with zero attached hydrogens (tertiary/aromatic N) is 2. The first-order valence-corrected chi connectivity index (χ1v) is 21.4.